The Labute approximate surface area is 242 Å². The fraction of sp³-hybridized carbons (Fsp3) is 0.333. The number of anilines is 1. The molecule has 210 valence electrons. The molecule has 3 aromatic rings. The third-order valence-electron chi connectivity index (χ3n) is 6.73. The minimum absolute atomic E-state index is 0.118. The monoisotopic (exact) mass is 584 g/mol. The summed E-state index contributed by atoms with van der Waals surface area (Å²) in [6.07, 6.45) is -0.708. The quantitative estimate of drug-likeness (QED) is 0.338. The van der Waals surface area contributed by atoms with Gasteiger partial charge in [0, 0.05) is 6.42 Å². The van der Waals surface area contributed by atoms with Crippen LogP contribution in [0.3, 0.4) is 0 Å². The van der Waals surface area contributed by atoms with Crippen molar-refractivity contribution >= 4 is 41.0 Å². The Hall–Kier alpha value is -3.62. The summed E-state index contributed by atoms with van der Waals surface area (Å²) in [6.45, 7) is 6.28. The van der Waals surface area contributed by atoms with Crippen molar-refractivity contribution < 1.29 is 28.9 Å². The maximum absolute atomic E-state index is 12.8. The lowest BCUT2D eigenvalue weighted by Crippen LogP contribution is -2.50. The summed E-state index contributed by atoms with van der Waals surface area (Å²) in [5.41, 5.74) is 3.64. The van der Waals surface area contributed by atoms with Gasteiger partial charge in [-0.1, -0.05) is 41.4 Å². The van der Waals surface area contributed by atoms with Gasteiger partial charge in [0.15, 0.2) is 0 Å². The summed E-state index contributed by atoms with van der Waals surface area (Å²) in [4.78, 5) is 26.1. The summed E-state index contributed by atoms with van der Waals surface area (Å²) in [5.74, 6) is 0.291. The highest BCUT2D eigenvalue weighted by Crippen LogP contribution is 2.39. The van der Waals surface area contributed by atoms with Gasteiger partial charge in [0.1, 0.15) is 35.9 Å². The van der Waals surface area contributed by atoms with E-state index in [4.69, 9.17) is 37.4 Å². The van der Waals surface area contributed by atoms with E-state index in [1.165, 1.54) is 4.90 Å². The molecule has 8 nitrogen and oxygen atoms in total. The lowest BCUT2D eigenvalue weighted by Gasteiger charge is -2.37. The van der Waals surface area contributed by atoms with Crippen LogP contribution < -0.4 is 14.8 Å². The van der Waals surface area contributed by atoms with Crippen molar-refractivity contribution in [2.45, 2.75) is 58.1 Å². The molecule has 0 saturated heterocycles. The summed E-state index contributed by atoms with van der Waals surface area (Å²) >= 11 is 12.1. The Bertz CT molecular complexity index is 1440. The Morgan fingerprint density at radius 1 is 1.05 bits per heavy atom. The highest BCUT2D eigenvalue weighted by Gasteiger charge is 2.38. The molecule has 40 heavy (non-hydrogen) atoms. The van der Waals surface area contributed by atoms with Crippen LogP contribution in [0, 0.1) is 0 Å². The van der Waals surface area contributed by atoms with Gasteiger partial charge >= 0.3 is 12.1 Å². The third-order valence-corrected chi connectivity index (χ3v) is 7.47. The average molecular weight is 585 g/mol. The summed E-state index contributed by atoms with van der Waals surface area (Å²) in [7, 11) is 0. The first-order valence-corrected chi connectivity index (χ1v) is 13.7. The van der Waals surface area contributed by atoms with Crippen LogP contribution in [0.2, 0.25) is 10.0 Å². The van der Waals surface area contributed by atoms with Crippen LogP contribution in [0.1, 0.15) is 49.1 Å². The highest BCUT2D eigenvalue weighted by molar-refractivity contribution is 6.42. The predicted octanol–water partition coefficient (Wildman–Crippen LogP) is 6.86. The molecule has 0 aliphatic carbocycles. The Kier molecular flexibility index (Phi) is 7.75. The van der Waals surface area contributed by atoms with Crippen molar-refractivity contribution in [3.63, 3.8) is 0 Å². The maximum atomic E-state index is 12.8. The van der Waals surface area contributed by atoms with Gasteiger partial charge < -0.3 is 24.6 Å². The zero-order valence-corrected chi connectivity index (χ0v) is 23.9. The molecular weight excluding hydrogens is 555 g/mol. The average Bonchev–Trinajstić information content (AvgIpc) is 2.90. The predicted molar refractivity (Wildman–Crippen MR) is 152 cm³/mol. The van der Waals surface area contributed by atoms with Crippen molar-refractivity contribution in [1.82, 2.24) is 4.90 Å². The number of benzene rings is 3. The minimum atomic E-state index is -1.07. The van der Waals surface area contributed by atoms with Crippen molar-refractivity contribution in [2.75, 3.05) is 11.9 Å². The van der Waals surface area contributed by atoms with Gasteiger partial charge in [-0.05, 0) is 79.4 Å². The van der Waals surface area contributed by atoms with Crippen LogP contribution in [-0.4, -0.2) is 40.3 Å². The number of amides is 1. The van der Waals surface area contributed by atoms with Crippen molar-refractivity contribution in [1.29, 1.82) is 0 Å². The second-order valence-electron chi connectivity index (χ2n) is 10.9. The van der Waals surface area contributed by atoms with Gasteiger partial charge in [-0.2, -0.15) is 0 Å². The van der Waals surface area contributed by atoms with E-state index in [1.54, 1.807) is 32.9 Å². The number of fused-ring (bicyclic) bond motifs is 2. The molecule has 0 aromatic heterocycles. The standard InChI is InChI=1S/C30H30Cl2N2O6/c1-30(2,3)40-29(37)34-15-20-13-26-24(11-19(20)12-25(34)28(35)36)33-14-27(39-26)18-5-7-21(8-6-18)38-16-17-4-9-22(31)23(32)10-17/h4-11,13,25,27,33H,12,14-16H2,1-3H3,(H,35,36)/t25?,27-/m1/s1. The number of hydrogen-bond acceptors (Lipinski definition) is 6. The first kappa shape index (κ1) is 27.9. The summed E-state index contributed by atoms with van der Waals surface area (Å²) in [6, 6.07) is 15.9. The Morgan fingerprint density at radius 3 is 2.48 bits per heavy atom. The van der Waals surface area contributed by atoms with Crippen molar-refractivity contribution in [3.8, 4) is 11.5 Å². The molecule has 1 amide bonds. The number of carboxylic acid groups (broad SMARTS) is 1. The van der Waals surface area contributed by atoms with E-state index in [9.17, 15) is 14.7 Å². The van der Waals surface area contributed by atoms with E-state index < -0.39 is 23.7 Å². The number of carbonyl (C=O) groups excluding carboxylic acids is 1. The molecule has 0 spiro atoms. The third kappa shape index (κ3) is 6.24. The molecule has 2 N–H and O–H groups in total. The molecule has 2 aliphatic heterocycles. The molecule has 0 fully saturated rings. The van der Waals surface area contributed by atoms with Crippen molar-refractivity contribution in [2.24, 2.45) is 0 Å². The molecular formula is C30H30Cl2N2O6. The number of hydrogen-bond donors (Lipinski definition) is 2. The second kappa shape index (κ2) is 11.1. The second-order valence-corrected chi connectivity index (χ2v) is 11.7. The normalized spacial score (nSPS) is 18.1. The number of ether oxygens (including phenoxy) is 3. The molecule has 2 aliphatic rings. The maximum Gasteiger partial charge on any atom is 0.411 e. The minimum Gasteiger partial charge on any atom is -0.489 e. The summed E-state index contributed by atoms with van der Waals surface area (Å²) < 4.78 is 17.7. The molecule has 0 radical (unpaired) electrons. The molecule has 10 heteroatoms. The molecule has 3 aromatic carbocycles. The SMILES string of the molecule is CC(C)(C)OC(=O)N1Cc2cc3c(cc2CC1C(=O)O)NC[C@H](c1ccc(OCc2ccc(Cl)c(Cl)c2)cc1)O3. The smallest absolute Gasteiger partial charge is 0.411 e. The van der Waals surface area contributed by atoms with E-state index in [1.807, 2.05) is 42.5 Å². The molecule has 0 bridgehead atoms. The molecule has 2 heterocycles. The molecule has 0 saturated carbocycles. The number of rotatable bonds is 5. The molecule has 5 rings (SSSR count). The van der Waals surface area contributed by atoms with Crippen LogP contribution >= 0.6 is 23.2 Å². The lowest BCUT2D eigenvalue weighted by molar-refractivity contribution is -0.143. The van der Waals surface area contributed by atoms with E-state index in [2.05, 4.69) is 5.32 Å². The van der Waals surface area contributed by atoms with Crippen LogP contribution in [0.25, 0.3) is 0 Å². The van der Waals surface area contributed by atoms with E-state index in [0.717, 1.165) is 27.9 Å². The highest BCUT2D eigenvalue weighted by atomic mass is 35.5. The largest absolute Gasteiger partial charge is 0.489 e. The molecule has 1 unspecified atom stereocenters. The first-order valence-electron chi connectivity index (χ1n) is 12.9. The first-order chi connectivity index (χ1) is 19.0. The van der Waals surface area contributed by atoms with E-state index in [-0.39, 0.29) is 19.1 Å². The topological polar surface area (TPSA) is 97.3 Å². The fourth-order valence-electron chi connectivity index (χ4n) is 4.74. The number of aliphatic carboxylic acids is 1. The zero-order chi connectivity index (χ0) is 28.6. The lowest BCUT2D eigenvalue weighted by atomic mass is 9.92. The number of halogens is 2. The number of carboxylic acids is 1. The molecule has 2 atom stereocenters. The summed E-state index contributed by atoms with van der Waals surface area (Å²) in [5, 5.41) is 14.2. The number of nitrogens with zero attached hydrogens (tertiary/aromatic N) is 1. The van der Waals surface area contributed by atoms with Crippen LogP contribution in [-0.2, 0) is 29.1 Å². The van der Waals surface area contributed by atoms with Gasteiger partial charge in [-0.15, -0.1) is 0 Å². The van der Waals surface area contributed by atoms with E-state index >= 15 is 0 Å². The number of carbonyl (C=O) groups is 2. The van der Waals surface area contributed by atoms with Gasteiger partial charge in [0.2, 0.25) is 0 Å². The van der Waals surface area contributed by atoms with Crippen LogP contribution in [0.5, 0.6) is 11.5 Å². The van der Waals surface area contributed by atoms with Gasteiger partial charge in [0.25, 0.3) is 0 Å². The van der Waals surface area contributed by atoms with Gasteiger partial charge in [-0.25, -0.2) is 9.59 Å². The van der Waals surface area contributed by atoms with E-state index in [0.29, 0.717) is 34.7 Å². The van der Waals surface area contributed by atoms with Crippen molar-refractivity contribution in [3.05, 3.63) is 86.9 Å². The Morgan fingerprint density at radius 2 is 1.80 bits per heavy atom. The van der Waals surface area contributed by atoms with Gasteiger partial charge in [0.05, 0.1) is 28.8 Å². The van der Waals surface area contributed by atoms with Crippen LogP contribution in [0.15, 0.2) is 54.6 Å². The zero-order valence-electron chi connectivity index (χ0n) is 22.4. The fourth-order valence-corrected chi connectivity index (χ4v) is 5.06. The van der Waals surface area contributed by atoms with Gasteiger partial charge in [-0.3, -0.25) is 4.90 Å². The van der Waals surface area contributed by atoms with Crippen LogP contribution in [0.4, 0.5) is 10.5 Å². The Balaban J connectivity index is 1.28. The number of nitrogens with one attached hydrogen (secondary N) is 1.